The number of nitrogens with one attached hydrogen (secondary N) is 1. The van der Waals surface area contributed by atoms with Crippen molar-refractivity contribution in [1.82, 2.24) is 0 Å². The first-order valence-electron chi connectivity index (χ1n) is 5.35. The van der Waals surface area contributed by atoms with Gasteiger partial charge in [0.05, 0.1) is 5.69 Å². The van der Waals surface area contributed by atoms with Crippen molar-refractivity contribution in [2.75, 3.05) is 17.3 Å². The van der Waals surface area contributed by atoms with E-state index >= 15 is 0 Å². The van der Waals surface area contributed by atoms with Crippen LogP contribution in [0.25, 0.3) is 0 Å². The molecule has 5 nitrogen and oxygen atoms in total. The number of rotatable bonds is 1. The van der Waals surface area contributed by atoms with E-state index in [2.05, 4.69) is 5.32 Å². The van der Waals surface area contributed by atoms with Crippen molar-refractivity contribution in [3.8, 4) is 5.75 Å². The summed E-state index contributed by atoms with van der Waals surface area (Å²) >= 11 is 0. The zero-order chi connectivity index (χ0) is 12.6. The summed E-state index contributed by atoms with van der Waals surface area (Å²) in [4.78, 5) is 24.2. The quantitative estimate of drug-likeness (QED) is 0.798. The molecule has 1 heterocycles. The summed E-state index contributed by atoms with van der Waals surface area (Å²) in [5, 5.41) is 2.67. The first-order valence-corrected chi connectivity index (χ1v) is 5.35. The second-order valence-corrected chi connectivity index (χ2v) is 4.02. The zero-order valence-corrected chi connectivity index (χ0v) is 9.98. The van der Waals surface area contributed by atoms with Crippen LogP contribution in [0.4, 0.5) is 11.4 Å². The molecule has 0 bridgehead atoms. The van der Waals surface area contributed by atoms with Crippen LogP contribution in [0.2, 0.25) is 0 Å². The molecule has 0 saturated heterocycles. The Balaban J connectivity index is 2.38. The van der Waals surface area contributed by atoms with Crippen molar-refractivity contribution < 1.29 is 14.3 Å². The molecule has 0 aliphatic carbocycles. The summed E-state index contributed by atoms with van der Waals surface area (Å²) in [5.74, 6) is 0.398. The molecule has 17 heavy (non-hydrogen) atoms. The van der Waals surface area contributed by atoms with Crippen molar-refractivity contribution in [1.29, 1.82) is 0 Å². The van der Waals surface area contributed by atoms with Crippen LogP contribution < -0.4 is 15.0 Å². The van der Waals surface area contributed by atoms with E-state index < -0.39 is 6.10 Å². The van der Waals surface area contributed by atoms with Gasteiger partial charge in [0.2, 0.25) is 5.91 Å². The molecule has 1 aliphatic rings. The summed E-state index contributed by atoms with van der Waals surface area (Å²) in [5.41, 5.74) is 1.31. The smallest absolute Gasteiger partial charge is 0.267 e. The molecular formula is C12H14N2O3. The van der Waals surface area contributed by atoms with Gasteiger partial charge in [0.15, 0.2) is 6.10 Å². The predicted molar refractivity (Wildman–Crippen MR) is 64.2 cm³/mol. The van der Waals surface area contributed by atoms with Crippen LogP contribution in [0.5, 0.6) is 5.75 Å². The number of fused-ring (bicyclic) bond motifs is 1. The van der Waals surface area contributed by atoms with Crippen LogP contribution in [0.1, 0.15) is 13.8 Å². The lowest BCUT2D eigenvalue weighted by molar-refractivity contribution is -0.125. The molecule has 2 amide bonds. The highest BCUT2D eigenvalue weighted by Gasteiger charge is 2.28. The van der Waals surface area contributed by atoms with Gasteiger partial charge < -0.3 is 15.0 Å². The molecule has 1 unspecified atom stereocenters. The van der Waals surface area contributed by atoms with Gasteiger partial charge in [0.1, 0.15) is 5.75 Å². The zero-order valence-electron chi connectivity index (χ0n) is 9.98. The van der Waals surface area contributed by atoms with E-state index in [1.54, 1.807) is 32.2 Å². The van der Waals surface area contributed by atoms with Crippen LogP contribution in [0.15, 0.2) is 18.2 Å². The Morgan fingerprint density at radius 1 is 1.47 bits per heavy atom. The number of carbonyl (C=O) groups excluding carboxylic acids is 2. The van der Waals surface area contributed by atoms with E-state index in [9.17, 15) is 9.59 Å². The molecular weight excluding hydrogens is 220 g/mol. The fourth-order valence-electron chi connectivity index (χ4n) is 1.79. The highest BCUT2D eigenvalue weighted by atomic mass is 16.5. The fourth-order valence-corrected chi connectivity index (χ4v) is 1.79. The van der Waals surface area contributed by atoms with Crippen LogP contribution in [-0.2, 0) is 9.59 Å². The number of hydrogen-bond donors (Lipinski definition) is 1. The SMILES string of the molecule is CC(=O)Nc1ccc2c(c1)N(C)C(=O)C(C)O2. The highest BCUT2D eigenvalue weighted by molar-refractivity contribution is 6.00. The monoisotopic (exact) mass is 234 g/mol. The highest BCUT2D eigenvalue weighted by Crippen LogP contribution is 2.35. The Morgan fingerprint density at radius 3 is 2.82 bits per heavy atom. The Morgan fingerprint density at radius 2 is 2.18 bits per heavy atom. The third-order valence-corrected chi connectivity index (χ3v) is 2.62. The number of amides is 2. The van der Waals surface area contributed by atoms with Crippen molar-refractivity contribution in [3.63, 3.8) is 0 Å². The van der Waals surface area contributed by atoms with Crippen LogP contribution in [0, 0.1) is 0 Å². The van der Waals surface area contributed by atoms with E-state index in [0.717, 1.165) is 0 Å². The lowest BCUT2D eigenvalue weighted by atomic mass is 10.2. The Labute approximate surface area is 99.4 Å². The minimum Gasteiger partial charge on any atom is -0.479 e. The molecule has 1 aromatic carbocycles. The average Bonchev–Trinajstić information content (AvgIpc) is 2.26. The summed E-state index contributed by atoms with van der Waals surface area (Å²) in [7, 11) is 1.69. The topological polar surface area (TPSA) is 58.6 Å². The average molecular weight is 234 g/mol. The number of anilines is 2. The molecule has 90 valence electrons. The van der Waals surface area contributed by atoms with Gasteiger partial charge in [-0.1, -0.05) is 0 Å². The number of ether oxygens (including phenoxy) is 1. The Hall–Kier alpha value is -2.04. The molecule has 1 atom stereocenters. The van der Waals surface area contributed by atoms with Crippen LogP contribution in [-0.4, -0.2) is 25.0 Å². The maximum atomic E-state index is 11.7. The number of benzene rings is 1. The van der Waals surface area contributed by atoms with Crippen molar-refractivity contribution >= 4 is 23.2 Å². The first kappa shape index (κ1) is 11.4. The minimum atomic E-state index is -0.473. The lowest BCUT2D eigenvalue weighted by Crippen LogP contribution is -2.41. The Kier molecular flexibility index (Phi) is 2.75. The number of carbonyl (C=O) groups is 2. The van der Waals surface area contributed by atoms with E-state index in [1.807, 2.05) is 0 Å². The van der Waals surface area contributed by atoms with Crippen LogP contribution >= 0.6 is 0 Å². The predicted octanol–water partition coefficient (Wildman–Crippen LogP) is 1.39. The van der Waals surface area contributed by atoms with E-state index in [0.29, 0.717) is 17.1 Å². The summed E-state index contributed by atoms with van der Waals surface area (Å²) < 4.78 is 5.47. The minimum absolute atomic E-state index is 0.0996. The van der Waals surface area contributed by atoms with Crippen molar-refractivity contribution in [3.05, 3.63) is 18.2 Å². The second kappa shape index (κ2) is 4.08. The molecule has 1 N–H and O–H groups in total. The Bertz CT molecular complexity index is 485. The van der Waals surface area contributed by atoms with Gasteiger partial charge in [-0.2, -0.15) is 0 Å². The van der Waals surface area contributed by atoms with E-state index in [1.165, 1.54) is 11.8 Å². The molecule has 0 saturated carbocycles. The van der Waals surface area contributed by atoms with Crippen molar-refractivity contribution in [2.45, 2.75) is 20.0 Å². The first-order chi connectivity index (χ1) is 7.99. The molecule has 0 radical (unpaired) electrons. The summed E-state index contributed by atoms with van der Waals surface area (Å²) in [6, 6.07) is 5.22. The van der Waals surface area contributed by atoms with Gasteiger partial charge in [0.25, 0.3) is 5.91 Å². The normalized spacial score (nSPS) is 18.4. The van der Waals surface area contributed by atoms with Gasteiger partial charge in [-0.3, -0.25) is 9.59 Å². The maximum absolute atomic E-state index is 11.7. The van der Waals surface area contributed by atoms with E-state index in [4.69, 9.17) is 4.74 Å². The second-order valence-electron chi connectivity index (χ2n) is 4.02. The molecule has 0 spiro atoms. The largest absolute Gasteiger partial charge is 0.479 e. The lowest BCUT2D eigenvalue weighted by Gasteiger charge is -2.30. The number of hydrogen-bond acceptors (Lipinski definition) is 3. The van der Waals surface area contributed by atoms with Gasteiger partial charge in [-0.15, -0.1) is 0 Å². The fraction of sp³-hybridized carbons (Fsp3) is 0.333. The molecule has 1 aromatic rings. The molecule has 0 fully saturated rings. The molecule has 2 rings (SSSR count). The third kappa shape index (κ3) is 2.08. The summed E-state index contributed by atoms with van der Waals surface area (Å²) in [6.07, 6.45) is -0.473. The van der Waals surface area contributed by atoms with E-state index in [-0.39, 0.29) is 11.8 Å². The maximum Gasteiger partial charge on any atom is 0.267 e. The third-order valence-electron chi connectivity index (χ3n) is 2.62. The van der Waals surface area contributed by atoms with Gasteiger partial charge >= 0.3 is 0 Å². The standard InChI is InChI=1S/C12H14N2O3/c1-7-12(16)14(3)10-6-9(13-8(2)15)4-5-11(10)17-7/h4-7H,1-3H3,(H,13,15). The molecule has 1 aliphatic heterocycles. The van der Waals surface area contributed by atoms with Crippen molar-refractivity contribution in [2.24, 2.45) is 0 Å². The van der Waals surface area contributed by atoms with Gasteiger partial charge in [-0.25, -0.2) is 0 Å². The summed E-state index contributed by atoms with van der Waals surface area (Å²) in [6.45, 7) is 3.15. The van der Waals surface area contributed by atoms with Crippen LogP contribution in [0.3, 0.4) is 0 Å². The molecule has 0 aromatic heterocycles. The van der Waals surface area contributed by atoms with Gasteiger partial charge in [-0.05, 0) is 25.1 Å². The van der Waals surface area contributed by atoms with Gasteiger partial charge in [0, 0.05) is 19.7 Å². The number of likely N-dealkylation sites (N-methyl/N-ethyl adjacent to an activating group) is 1. The molecule has 5 heteroatoms. The number of nitrogens with zero attached hydrogens (tertiary/aromatic N) is 1.